The summed E-state index contributed by atoms with van der Waals surface area (Å²) in [5.41, 5.74) is -2.53. The van der Waals surface area contributed by atoms with Gasteiger partial charge in [0.25, 0.3) is 11.5 Å². The maximum atomic E-state index is 15.0. The fourth-order valence-electron chi connectivity index (χ4n) is 4.68. The number of halogens is 4. The number of anilines is 1. The zero-order chi connectivity index (χ0) is 27.2. The molecule has 1 unspecified atom stereocenters. The van der Waals surface area contributed by atoms with Gasteiger partial charge in [0, 0.05) is 24.8 Å². The highest BCUT2D eigenvalue weighted by atomic mass is 19.4. The van der Waals surface area contributed by atoms with E-state index in [0.717, 1.165) is 6.07 Å². The number of carbonyl (C=O) groups excluding carboxylic acids is 1. The number of morpholine rings is 1. The van der Waals surface area contributed by atoms with E-state index in [1.165, 1.54) is 31.9 Å². The van der Waals surface area contributed by atoms with Crippen LogP contribution in [0, 0.1) is 19.7 Å². The Balaban J connectivity index is 1.68. The van der Waals surface area contributed by atoms with Crippen LogP contribution in [0.5, 0.6) is 0 Å². The van der Waals surface area contributed by atoms with Crippen molar-refractivity contribution in [1.82, 2.24) is 24.8 Å². The molecule has 198 valence electrons. The number of amides is 1. The Labute approximate surface area is 209 Å². The lowest BCUT2D eigenvalue weighted by atomic mass is 9.97. The topological polar surface area (TPSA) is 113 Å². The first kappa shape index (κ1) is 26.5. The second-order valence-electron chi connectivity index (χ2n) is 9.23. The molecule has 1 fully saturated rings. The molecule has 37 heavy (non-hydrogen) atoms. The third-order valence-electron chi connectivity index (χ3n) is 6.12. The van der Waals surface area contributed by atoms with E-state index in [-0.39, 0.29) is 51.6 Å². The molecular formula is C24H26F4N6O3. The van der Waals surface area contributed by atoms with Crippen LogP contribution >= 0.6 is 0 Å². The fourth-order valence-corrected chi connectivity index (χ4v) is 4.68. The summed E-state index contributed by atoms with van der Waals surface area (Å²) in [7, 11) is 0. The van der Waals surface area contributed by atoms with Gasteiger partial charge in [-0.1, -0.05) is 0 Å². The smallest absolute Gasteiger partial charge is 0.372 e. The van der Waals surface area contributed by atoms with Gasteiger partial charge in [-0.25, -0.2) is 19.3 Å². The van der Waals surface area contributed by atoms with Crippen molar-refractivity contribution < 1.29 is 27.1 Å². The van der Waals surface area contributed by atoms with Crippen LogP contribution in [-0.4, -0.2) is 56.0 Å². The van der Waals surface area contributed by atoms with Crippen LogP contribution in [0.4, 0.5) is 23.4 Å². The number of alkyl halides is 3. The Morgan fingerprint density at radius 2 is 1.86 bits per heavy atom. The second kappa shape index (κ2) is 9.69. The number of hydrogen-bond acceptors (Lipinski definition) is 7. The Bertz CT molecular complexity index is 1410. The van der Waals surface area contributed by atoms with Gasteiger partial charge in [0.05, 0.1) is 29.2 Å². The van der Waals surface area contributed by atoms with Crippen molar-refractivity contribution >= 4 is 22.8 Å². The van der Waals surface area contributed by atoms with Gasteiger partial charge < -0.3 is 19.9 Å². The van der Waals surface area contributed by atoms with E-state index in [2.05, 4.69) is 25.3 Å². The molecule has 0 bridgehead atoms. The molecule has 0 radical (unpaired) electrons. The molecule has 1 amide bonds. The van der Waals surface area contributed by atoms with Crippen LogP contribution in [0.15, 0.2) is 17.1 Å². The summed E-state index contributed by atoms with van der Waals surface area (Å²) < 4.78 is 62.5. The average Bonchev–Trinajstić information content (AvgIpc) is 2.77. The van der Waals surface area contributed by atoms with E-state index >= 15 is 0 Å². The third kappa shape index (κ3) is 5.26. The lowest BCUT2D eigenvalue weighted by molar-refractivity contribution is -0.141. The van der Waals surface area contributed by atoms with Crippen molar-refractivity contribution in [2.45, 2.75) is 59.0 Å². The number of aryl methyl sites for hydroxylation is 2. The highest BCUT2D eigenvalue weighted by molar-refractivity contribution is 5.94. The number of ether oxygens (including phenoxy) is 1. The maximum absolute atomic E-state index is 15.0. The first-order valence-electron chi connectivity index (χ1n) is 11.6. The molecular weight excluding hydrogens is 496 g/mol. The minimum atomic E-state index is -4.86. The number of H-pyrrole nitrogens is 1. The molecule has 3 atom stereocenters. The molecule has 9 nitrogen and oxygen atoms in total. The van der Waals surface area contributed by atoms with Crippen LogP contribution in [-0.2, 0) is 10.9 Å². The van der Waals surface area contributed by atoms with Crippen molar-refractivity contribution in [3.05, 3.63) is 56.6 Å². The normalized spacial score (nSPS) is 19.2. The molecule has 2 N–H and O–H groups in total. The van der Waals surface area contributed by atoms with E-state index in [1.54, 1.807) is 0 Å². The van der Waals surface area contributed by atoms with Gasteiger partial charge in [-0.3, -0.25) is 9.59 Å². The summed E-state index contributed by atoms with van der Waals surface area (Å²) in [4.78, 5) is 40.9. The minimum Gasteiger partial charge on any atom is -0.372 e. The van der Waals surface area contributed by atoms with Crippen LogP contribution in [0.3, 0.4) is 0 Å². The zero-order valence-corrected chi connectivity index (χ0v) is 20.8. The van der Waals surface area contributed by atoms with Crippen molar-refractivity contribution in [2.24, 2.45) is 0 Å². The standard InChI is InChI=1S/C24H26F4N6O3/c1-10-8-34(9-11(2)37-10)23(36)15-6-16(25)20(29-7-15)30-13(4)17-12(3)18-21(31-14(5)32-22(18)35)33-19(17)24(26,27)28/h6-7,10-11,13H,8-9H2,1-5H3,(H,29,30)(H,31,32,33,35)/t10-,11+,13?. The van der Waals surface area contributed by atoms with Crippen molar-refractivity contribution in [3.8, 4) is 0 Å². The van der Waals surface area contributed by atoms with Crippen LogP contribution in [0.25, 0.3) is 11.0 Å². The van der Waals surface area contributed by atoms with E-state index < -0.39 is 35.2 Å². The predicted molar refractivity (Wildman–Crippen MR) is 127 cm³/mol. The lowest BCUT2D eigenvalue weighted by Crippen LogP contribution is -2.48. The molecule has 0 saturated carbocycles. The summed E-state index contributed by atoms with van der Waals surface area (Å²) in [6, 6.07) is -0.165. The summed E-state index contributed by atoms with van der Waals surface area (Å²) >= 11 is 0. The first-order chi connectivity index (χ1) is 17.3. The number of rotatable bonds is 4. The Kier molecular flexibility index (Phi) is 6.93. The summed E-state index contributed by atoms with van der Waals surface area (Å²) in [6.07, 6.45) is -4.06. The molecule has 1 aliphatic heterocycles. The van der Waals surface area contributed by atoms with Gasteiger partial charge in [-0.2, -0.15) is 13.2 Å². The van der Waals surface area contributed by atoms with Crippen LogP contribution < -0.4 is 10.9 Å². The Hall–Kier alpha value is -3.61. The van der Waals surface area contributed by atoms with Gasteiger partial charge in [0.15, 0.2) is 23.0 Å². The molecule has 1 aliphatic rings. The molecule has 3 aromatic rings. The average molecular weight is 523 g/mol. The van der Waals surface area contributed by atoms with Crippen molar-refractivity contribution in [1.29, 1.82) is 0 Å². The second-order valence-corrected chi connectivity index (χ2v) is 9.23. The molecule has 4 heterocycles. The highest BCUT2D eigenvalue weighted by Gasteiger charge is 2.39. The van der Waals surface area contributed by atoms with E-state index in [4.69, 9.17) is 4.74 Å². The number of nitrogens with zero attached hydrogens (tertiary/aromatic N) is 4. The summed E-state index contributed by atoms with van der Waals surface area (Å²) in [5.74, 6) is -1.57. The maximum Gasteiger partial charge on any atom is 0.433 e. The number of aromatic nitrogens is 4. The van der Waals surface area contributed by atoms with Crippen molar-refractivity contribution in [2.75, 3.05) is 18.4 Å². The monoisotopic (exact) mass is 522 g/mol. The largest absolute Gasteiger partial charge is 0.433 e. The quantitative estimate of drug-likeness (QED) is 0.500. The zero-order valence-electron chi connectivity index (χ0n) is 20.8. The van der Waals surface area contributed by atoms with Gasteiger partial charge in [-0.15, -0.1) is 0 Å². The first-order valence-corrected chi connectivity index (χ1v) is 11.6. The molecule has 13 heteroatoms. The van der Waals surface area contributed by atoms with Crippen LogP contribution in [0.1, 0.15) is 59.8 Å². The Morgan fingerprint density at radius 1 is 1.22 bits per heavy atom. The minimum absolute atomic E-state index is 0.00418. The van der Waals surface area contributed by atoms with Crippen molar-refractivity contribution in [3.63, 3.8) is 0 Å². The number of hydrogen-bond donors (Lipinski definition) is 2. The number of fused-ring (bicyclic) bond motifs is 1. The van der Waals surface area contributed by atoms with E-state index in [1.807, 2.05) is 13.8 Å². The van der Waals surface area contributed by atoms with E-state index in [9.17, 15) is 27.2 Å². The van der Waals surface area contributed by atoms with Gasteiger partial charge in [-0.05, 0) is 46.2 Å². The molecule has 0 aliphatic carbocycles. The van der Waals surface area contributed by atoms with Crippen LogP contribution in [0.2, 0.25) is 0 Å². The highest BCUT2D eigenvalue weighted by Crippen LogP contribution is 2.37. The van der Waals surface area contributed by atoms with Gasteiger partial charge in [0.2, 0.25) is 0 Å². The number of nitrogens with one attached hydrogen (secondary N) is 2. The molecule has 0 spiro atoms. The Morgan fingerprint density at radius 3 is 2.46 bits per heavy atom. The molecule has 0 aromatic carbocycles. The predicted octanol–water partition coefficient (Wildman–Crippen LogP) is 3.91. The molecule has 3 aromatic heterocycles. The SMILES string of the molecule is Cc1nc2nc(C(F)(F)F)c(C(C)Nc3ncc(C(=O)N4C[C@@H](C)O[C@@H](C)C4)cc3F)c(C)c2c(=O)[nH]1. The molecule has 1 saturated heterocycles. The van der Waals surface area contributed by atoms with E-state index in [0.29, 0.717) is 13.1 Å². The fraction of sp³-hybridized carbons (Fsp3) is 0.458. The lowest BCUT2D eigenvalue weighted by Gasteiger charge is -2.35. The summed E-state index contributed by atoms with van der Waals surface area (Å²) in [6.45, 7) is 8.49. The number of aromatic amines is 1. The van der Waals surface area contributed by atoms with Gasteiger partial charge in [0.1, 0.15) is 5.82 Å². The third-order valence-corrected chi connectivity index (χ3v) is 6.12. The summed E-state index contributed by atoms with van der Waals surface area (Å²) in [5, 5.41) is 2.54. The molecule has 4 rings (SSSR count). The number of carbonyl (C=O) groups is 1. The number of pyridine rings is 2. The van der Waals surface area contributed by atoms with Gasteiger partial charge >= 0.3 is 6.18 Å².